The molecule has 2 aromatic rings. The second kappa shape index (κ2) is 7.39. The van der Waals surface area contributed by atoms with E-state index in [1.165, 1.54) is 12.1 Å². The highest BCUT2D eigenvalue weighted by Crippen LogP contribution is 2.40. The minimum Gasteiger partial charge on any atom is -0.361 e. The third kappa shape index (κ3) is 4.74. The number of carbonyl (C=O) groups is 1. The van der Waals surface area contributed by atoms with Crippen molar-refractivity contribution in [3.63, 3.8) is 0 Å². The van der Waals surface area contributed by atoms with Crippen LogP contribution >= 0.6 is 0 Å². The molecule has 0 fully saturated rings. The molecule has 0 saturated heterocycles. The minimum atomic E-state index is -3.14. The monoisotopic (exact) mass is 404 g/mol. The van der Waals surface area contributed by atoms with Crippen LogP contribution in [0.1, 0.15) is 49.4 Å². The zero-order valence-electron chi connectivity index (χ0n) is 17.5. The van der Waals surface area contributed by atoms with E-state index in [0.29, 0.717) is 23.4 Å². The number of nitrogens with one attached hydrogen (secondary N) is 1. The van der Waals surface area contributed by atoms with E-state index in [-0.39, 0.29) is 23.4 Å². The van der Waals surface area contributed by atoms with Gasteiger partial charge in [-0.15, -0.1) is 0 Å². The number of alkyl halides is 2. The summed E-state index contributed by atoms with van der Waals surface area (Å²) in [6, 6.07) is 7.18. The molecule has 1 heterocycles. The first-order chi connectivity index (χ1) is 13.4. The molecule has 0 spiro atoms. The van der Waals surface area contributed by atoms with E-state index in [1.54, 1.807) is 4.90 Å². The number of amides is 1. The number of rotatable bonds is 3. The van der Waals surface area contributed by atoms with Gasteiger partial charge in [0, 0.05) is 29.9 Å². The Morgan fingerprint density at radius 3 is 2.34 bits per heavy atom. The number of benzene rings is 2. The van der Waals surface area contributed by atoms with Crippen LogP contribution in [0.4, 0.5) is 24.5 Å². The largest absolute Gasteiger partial charge is 0.361 e. The fourth-order valence-corrected chi connectivity index (χ4v) is 3.78. The second-order valence-corrected chi connectivity index (χ2v) is 9.10. The number of anilines is 2. The maximum absolute atomic E-state index is 14.7. The summed E-state index contributed by atoms with van der Waals surface area (Å²) in [5.41, 5.74) is 3.05. The molecule has 1 N–H and O–H groups in total. The van der Waals surface area contributed by atoms with Crippen LogP contribution in [0.15, 0.2) is 30.3 Å². The quantitative estimate of drug-likeness (QED) is 0.688. The van der Waals surface area contributed by atoms with Crippen molar-refractivity contribution >= 4 is 17.3 Å². The lowest BCUT2D eigenvalue weighted by atomic mass is 9.92. The highest BCUT2D eigenvalue weighted by molar-refractivity contribution is 5.93. The third-order valence-electron chi connectivity index (χ3n) is 5.05. The van der Waals surface area contributed by atoms with Gasteiger partial charge in [-0.2, -0.15) is 8.78 Å². The molecule has 3 rings (SSSR count). The first-order valence-electron chi connectivity index (χ1n) is 9.68. The van der Waals surface area contributed by atoms with Gasteiger partial charge in [0.2, 0.25) is 5.91 Å². The van der Waals surface area contributed by atoms with E-state index in [9.17, 15) is 18.0 Å². The highest BCUT2D eigenvalue weighted by Gasteiger charge is 2.40. The summed E-state index contributed by atoms with van der Waals surface area (Å²) < 4.78 is 42.7. The van der Waals surface area contributed by atoms with Crippen LogP contribution in [0.25, 0.3) is 0 Å². The summed E-state index contributed by atoms with van der Waals surface area (Å²) in [6.07, 6.45) is 0.388. The Bertz CT molecular complexity index is 925. The molecule has 1 aliphatic heterocycles. The highest BCUT2D eigenvalue weighted by atomic mass is 19.3. The maximum Gasteiger partial charge on any atom is 0.290 e. The Morgan fingerprint density at radius 2 is 1.76 bits per heavy atom. The van der Waals surface area contributed by atoms with Crippen LogP contribution in [0.5, 0.6) is 0 Å². The summed E-state index contributed by atoms with van der Waals surface area (Å²) in [4.78, 5) is 13.9. The zero-order valence-corrected chi connectivity index (χ0v) is 17.5. The van der Waals surface area contributed by atoms with Crippen molar-refractivity contribution in [1.82, 2.24) is 0 Å². The summed E-state index contributed by atoms with van der Waals surface area (Å²) >= 11 is 0. The number of hydrogen-bond donors (Lipinski definition) is 1. The molecule has 1 aliphatic rings. The summed E-state index contributed by atoms with van der Waals surface area (Å²) in [5, 5.41) is 2.96. The first-order valence-corrected chi connectivity index (χ1v) is 9.68. The first kappa shape index (κ1) is 21.2. The SMILES string of the molecule is Cc1cc(N2Cc3ccc(F)cc3C(F)(F)C2)cc(C)c1NC(=O)CC(C)(C)C. The van der Waals surface area contributed by atoms with Crippen molar-refractivity contribution in [2.45, 2.75) is 53.5 Å². The van der Waals surface area contributed by atoms with Crippen molar-refractivity contribution in [3.05, 3.63) is 58.4 Å². The Labute approximate surface area is 169 Å². The van der Waals surface area contributed by atoms with Gasteiger partial charge in [-0.25, -0.2) is 4.39 Å². The number of nitrogens with zero attached hydrogens (tertiary/aromatic N) is 1. The van der Waals surface area contributed by atoms with Gasteiger partial charge >= 0.3 is 0 Å². The average molecular weight is 404 g/mol. The molecule has 6 heteroatoms. The topological polar surface area (TPSA) is 32.3 Å². The van der Waals surface area contributed by atoms with Crippen LogP contribution in [0, 0.1) is 25.1 Å². The fraction of sp³-hybridized carbons (Fsp3) is 0.435. The van der Waals surface area contributed by atoms with Crippen LogP contribution in [-0.2, 0) is 17.3 Å². The van der Waals surface area contributed by atoms with Gasteiger partial charge in [0.25, 0.3) is 5.92 Å². The van der Waals surface area contributed by atoms with Crippen LogP contribution in [-0.4, -0.2) is 12.5 Å². The Balaban J connectivity index is 1.87. The minimum absolute atomic E-state index is 0.0723. The van der Waals surface area contributed by atoms with E-state index < -0.39 is 18.3 Å². The smallest absolute Gasteiger partial charge is 0.290 e. The molecule has 29 heavy (non-hydrogen) atoms. The molecule has 1 amide bonds. The van der Waals surface area contributed by atoms with Gasteiger partial charge in [0.1, 0.15) is 5.82 Å². The lowest BCUT2D eigenvalue weighted by Crippen LogP contribution is -2.40. The number of hydrogen-bond acceptors (Lipinski definition) is 2. The fourth-order valence-electron chi connectivity index (χ4n) is 3.78. The molecule has 0 aliphatic carbocycles. The normalized spacial score (nSPS) is 15.8. The van der Waals surface area contributed by atoms with E-state index in [0.717, 1.165) is 17.2 Å². The average Bonchev–Trinajstić information content (AvgIpc) is 2.56. The molecular formula is C23H27F3N2O. The van der Waals surface area contributed by atoms with Gasteiger partial charge in [-0.1, -0.05) is 26.8 Å². The Kier molecular flexibility index (Phi) is 5.41. The Hall–Kier alpha value is -2.50. The summed E-state index contributed by atoms with van der Waals surface area (Å²) in [6.45, 7) is 9.46. The lowest BCUT2D eigenvalue weighted by molar-refractivity contribution is -0.117. The molecule has 0 radical (unpaired) electrons. The molecule has 156 valence electrons. The summed E-state index contributed by atoms with van der Waals surface area (Å²) in [5.74, 6) is -3.87. The van der Waals surface area contributed by atoms with E-state index >= 15 is 0 Å². The zero-order chi connectivity index (χ0) is 21.6. The Morgan fingerprint density at radius 1 is 1.14 bits per heavy atom. The summed E-state index contributed by atoms with van der Waals surface area (Å²) in [7, 11) is 0. The van der Waals surface area contributed by atoms with Gasteiger partial charge in [-0.05, 0) is 60.2 Å². The molecule has 2 aromatic carbocycles. The number of halogens is 3. The molecule has 0 bridgehead atoms. The van der Waals surface area contributed by atoms with Crippen LogP contribution in [0.3, 0.4) is 0 Å². The standard InChI is InChI=1S/C23H27F3N2O/c1-14-8-18(9-15(2)21(14)27-20(29)11-22(3,4)5)28-12-16-6-7-17(24)10-19(16)23(25,26)13-28/h6-10H,11-13H2,1-5H3,(H,27,29). The molecule has 3 nitrogen and oxygen atoms in total. The van der Waals surface area contributed by atoms with E-state index in [4.69, 9.17) is 0 Å². The van der Waals surface area contributed by atoms with Crippen molar-refractivity contribution < 1.29 is 18.0 Å². The predicted molar refractivity (Wildman–Crippen MR) is 110 cm³/mol. The molecule has 0 unspecified atom stereocenters. The van der Waals surface area contributed by atoms with Crippen molar-refractivity contribution in [2.75, 3.05) is 16.8 Å². The van der Waals surface area contributed by atoms with E-state index in [1.807, 2.05) is 46.8 Å². The van der Waals surface area contributed by atoms with Crippen molar-refractivity contribution in [3.8, 4) is 0 Å². The van der Waals surface area contributed by atoms with Crippen LogP contribution < -0.4 is 10.2 Å². The number of carbonyl (C=O) groups excluding carboxylic acids is 1. The lowest BCUT2D eigenvalue weighted by Gasteiger charge is -2.36. The maximum atomic E-state index is 14.7. The van der Waals surface area contributed by atoms with Crippen LogP contribution in [0.2, 0.25) is 0 Å². The van der Waals surface area contributed by atoms with Gasteiger partial charge in [0.05, 0.1) is 6.54 Å². The molecule has 0 atom stereocenters. The number of fused-ring (bicyclic) bond motifs is 1. The number of aryl methyl sites for hydroxylation is 2. The third-order valence-corrected chi connectivity index (χ3v) is 5.05. The van der Waals surface area contributed by atoms with Crippen molar-refractivity contribution in [2.24, 2.45) is 5.41 Å². The van der Waals surface area contributed by atoms with Crippen molar-refractivity contribution in [1.29, 1.82) is 0 Å². The van der Waals surface area contributed by atoms with Gasteiger partial charge < -0.3 is 10.2 Å². The van der Waals surface area contributed by atoms with Gasteiger partial charge in [0.15, 0.2) is 0 Å². The molecular weight excluding hydrogens is 377 g/mol. The second-order valence-electron chi connectivity index (χ2n) is 9.10. The predicted octanol–water partition coefficient (Wildman–Crippen LogP) is 5.93. The van der Waals surface area contributed by atoms with E-state index in [2.05, 4.69) is 5.32 Å². The van der Waals surface area contributed by atoms with Gasteiger partial charge in [-0.3, -0.25) is 4.79 Å². The molecule has 0 saturated carbocycles. The molecule has 0 aromatic heterocycles.